The van der Waals surface area contributed by atoms with Gasteiger partial charge in [-0.15, -0.1) is 0 Å². The minimum atomic E-state index is -0.297. The Morgan fingerprint density at radius 1 is 1.20 bits per heavy atom. The van der Waals surface area contributed by atoms with Crippen LogP contribution in [0.25, 0.3) is 0 Å². The van der Waals surface area contributed by atoms with Gasteiger partial charge in [-0.25, -0.2) is 4.39 Å². The number of benzene rings is 2. The molecule has 2 aromatic carbocycles. The third-order valence-corrected chi connectivity index (χ3v) is 3.75. The SMILES string of the molecule is CN(C)C(=O)c1ccc(N)c(Sc2cccc(F)c2)c1. The highest BCUT2D eigenvalue weighted by Gasteiger charge is 2.11. The number of nitrogen functional groups attached to an aromatic ring is 1. The first-order valence-corrected chi connectivity index (χ1v) is 6.83. The van der Waals surface area contributed by atoms with Crippen molar-refractivity contribution in [2.24, 2.45) is 0 Å². The quantitative estimate of drug-likeness (QED) is 0.883. The van der Waals surface area contributed by atoms with E-state index in [0.717, 1.165) is 9.79 Å². The molecule has 2 N–H and O–H groups in total. The van der Waals surface area contributed by atoms with E-state index in [1.165, 1.54) is 28.8 Å². The normalized spacial score (nSPS) is 10.3. The molecule has 0 fully saturated rings. The molecular weight excluding hydrogens is 275 g/mol. The molecule has 0 radical (unpaired) electrons. The molecule has 104 valence electrons. The second kappa shape index (κ2) is 5.96. The fraction of sp³-hybridized carbons (Fsp3) is 0.133. The van der Waals surface area contributed by atoms with Crippen LogP contribution in [0.3, 0.4) is 0 Å². The second-order valence-corrected chi connectivity index (χ2v) is 5.63. The molecular formula is C15H15FN2OS. The van der Waals surface area contributed by atoms with Crippen LogP contribution in [-0.2, 0) is 0 Å². The molecule has 0 spiro atoms. The lowest BCUT2D eigenvalue weighted by Gasteiger charge is -2.12. The fourth-order valence-electron chi connectivity index (χ4n) is 1.67. The van der Waals surface area contributed by atoms with Crippen molar-refractivity contribution in [3.8, 4) is 0 Å². The number of hydrogen-bond acceptors (Lipinski definition) is 3. The highest BCUT2D eigenvalue weighted by molar-refractivity contribution is 7.99. The molecule has 0 aromatic heterocycles. The molecule has 3 nitrogen and oxygen atoms in total. The number of carbonyl (C=O) groups excluding carboxylic acids is 1. The number of nitrogens with two attached hydrogens (primary N) is 1. The topological polar surface area (TPSA) is 46.3 Å². The van der Waals surface area contributed by atoms with Gasteiger partial charge in [-0.3, -0.25) is 4.79 Å². The fourth-order valence-corrected chi connectivity index (χ4v) is 2.62. The van der Waals surface area contributed by atoms with Gasteiger partial charge >= 0.3 is 0 Å². The van der Waals surface area contributed by atoms with E-state index in [1.807, 2.05) is 0 Å². The van der Waals surface area contributed by atoms with Gasteiger partial charge in [-0.1, -0.05) is 17.8 Å². The second-order valence-electron chi connectivity index (χ2n) is 4.51. The summed E-state index contributed by atoms with van der Waals surface area (Å²) >= 11 is 1.34. The average Bonchev–Trinajstić information content (AvgIpc) is 2.40. The van der Waals surface area contributed by atoms with Crippen LogP contribution in [0.15, 0.2) is 52.3 Å². The Balaban J connectivity index is 2.32. The van der Waals surface area contributed by atoms with Crippen LogP contribution in [0.4, 0.5) is 10.1 Å². The van der Waals surface area contributed by atoms with Crippen LogP contribution in [0, 0.1) is 5.82 Å². The first kappa shape index (κ1) is 14.4. The molecule has 0 heterocycles. The Morgan fingerprint density at radius 2 is 1.95 bits per heavy atom. The van der Waals surface area contributed by atoms with Crippen molar-refractivity contribution in [3.63, 3.8) is 0 Å². The number of halogens is 1. The van der Waals surface area contributed by atoms with Crippen LogP contribution in [-0.4, -0.2) is 24.9 Å². The number of anilines is 1. The molecule has 0 saturated carbocycles. The van der Waals surface area contributed by atoms with E-state index in [9.17, 15) is 9.18 Å². The Kier molecular flexibility index (Phi) is 4.29. The van der Waals surface area contributed by atoms with Gasteiger partial charge in [0.25, 0.3) is 5.91 Å². The van der Waals surface area contributed by atoms with Crippen LogP contribution >= 0.6 is 11.8 Å². The van der Waals surface area contributed by atoms with Crippen LogP contribution < -0.4 is 5.73 Å². The van der Waals surface area contributed by atoms with E-state index >= 15 is 0 Å². The van der Waals surface area contributed by atoms with E-state index in [2.05, 4.69) is 0 Å². The summed E-state index contributed by atoms with van der Waals surface area (Å²) < 4.78 is 13.2. The summed E-state index contributed by atoms with van der Waals surface area (Å²) in [6.07, 6.45) is 0. The summed E-state index contributed by atoms with van der Waals surface area (Å²) in [4.78, 5) is 14.9. The Morgan fingerprint density at radius 3 is 2.60 bits per heavy atom. The van der Waals surface area contributed by atoms with Gasteiger partial charge in [0.2, 0.25) is 0 Å². The molecule has 0 saturated heterocycles. The largest absolute Gasteiger partial charge is 0.398 e. The third kappa shape index (κ3) is 3.30. The summed E-state index contributed by atoms with van der Waals surface area (Å²) in [6.45, 7) is 0. The molecule has 0 aliphatic heterocycles. The number of carbonyl (C=O) groups is 1. The molecule has 1 amide bonds. The van der Waals surface area contributed by atoms with Crippen LogP contribution in [0.1, 0.15) is 10.4 Å². The Bertz CT molecular complexity index is 644. The smallest absolute Gasteiger partial charge is 0.253 e. The maximum atomic E-state index is 13.2. The summed E-state index contributed by atoms with van der Waals surface area (Å²) in [6, 6.07) is 11.4. The van der Waals surface area contributed by atoms with Gasteiger partial charge in [0.1, 0.15) is 5.82 Å². The lowest BCUT2D eigenvalue weighted by atomic mass is 10.2. The minimum Gasteiger partial charge on any atom is -0.398 e. The van der Waals surface area contributed by atoms with Gasteiger partial charge < -0.3 is 10.6 Å². The van der Waals surface area contributed by atoms with Crippen LogP contribution in [0.5, 0.6) is 0 Å². The lowest BCUT2D eigenvalue weighted by molar-refractivity contribution is 0.0827. The number of nitrogens with zero attached hydrogens (tertiary/aromatic N) is 1. The van der Waals surface area contributed by atoms with Crippen molar-refractivity contribution < 1.29 is 9.18 Å². The number of amides is 1. The summed E-state index contributed by atoms with van der Waals surface area (Å²) in [5, 5.41) is 0. The summed E-state index contributed by atoms with van der Waals surface area (Å²) in [7, 11) is 3.39. The lowest BCUT2D eigenvalue weighted by Crippen LogP contribution is -2.21. The van der Waals surface area contributed by atoms with E-state index in [0.29, 0.717) is 11.3 Å². The predicted molar refractivity (Wildman–Crippen MR) is 79.4 cm³/mol. The van der Waals surface area contributed by atoms with Gasteiger partial charge in [0.05, 0.1) is 0 Å². The van der Waals surface area contributed by atoms with Crippen molar-refractivity contribution in [3.05, 3.63) is 53.8 Å². The standard InChI is InChI=1S/C15H15FN2OS/c1-18(2)15(19)10-6-7-13(17)14(8-10)20-12-5-3-4-11(16)9-12/h3-9H,17H2,1-2H3. The van der Waals surface area contributed by atoms with Crippen molar-refractivity contribution in [1.82, 2.24) is 4.90 Å². The average molecular weight is 290 g/mol. The van der Waals surface area contributed by atoms with Crippen molar-refractivity contribution in [2.45, 2.75) is 9.79 Å². The maximum absolute atomic E-state index is 13.2. The highest BCUT2D eigenvalue weighted by Crippen LogP contribution is 2.33. The van der Waals surface area contributed by atoms with Crippen molar-refractivity contribution >= 4 is 23.4 Å². The molecule has 0 unspecified atom stereocenters. The number of rotatable bonds is 3. The van der Waals surface area contributed by atoms with E-state index in [1.54, 1.807) is 44.4 Å². The van der Waals surface area contributed by atoms with E-state index < -0.39 is 0 Å². The van der Waals surface area contributed by atoms with E-state index in [4.69, 9.17) is 5.73 Å². The van der Waals surface area contributed by atoms with E-state index in [-0.39, 0.29) is 11.7 Å². The van der Waals surface area contributed by atoms with Gasteiger partial charge in [-0.2, -0.15) is 0 Å². The van der Waals surface area contributed by atoms with Gasteiger partial charge in [0.15, 0.2) is 0 Å². The van der Waals surface area contributed by atoms with Gasteiger partial charge in [-0.05, 0) is 36.4 Å². The zero-order valence-corrected chi connectivity index (χ0v) is 12.1. The number of hydrogen-bond donors (Lipinski definition) is 1. The molecule has 0 atom stereocenters. The molecule has 0 bridgehead atoms. The first-order chi connectivity index (χ1) is 9.47. The molecule has 5 heteroatoms. The minimum absolute atomic E-state index is 0.0916. The zero-order valence-electron chi connectivity index (χ0n) is 11.3. The molecule has 2 aromatic rings. The van der Waals surface area contributed by atoms with Crippen LogP contribution in [0.2, 0.25) is 0 Å². The molecule has 2 rings (SSSR count). The summed E-state index contributed by atoms with van der Waals surface area (Å²) in [5.74, 6) is -0.389. The maximum Gasteiger partial charge on any atom is 0.253 e. The monoisotopic (exact) mass is 290 g/mol. The molecule has 0 aliphatic carbocycles. The van der Waals surface area contributed by atoms with Crippen molar-refractivity contribution in [2.75, 3.05) is 19.8 Å². The molecule has 0 aliphatic rings. The molecule has 20 heavy (non-hydrogen) atoms. The predicted octanol–water partition coefficient (Wildman–Crippen LogP) is 3.26. The highest BCUT2D eigenvalue weighted by atomic mass is 32.2. The Labute approximate surface area is 121 Å². The summed E-state index contributed by atoms with van der Waals surface area (Å²) in [5.41, 5.74) is 7.03. The Hall–Kier alpha value is -2.01. The van der Waals surface area contributed by atoms with Gasteiger partial charge in [0, 0.05) is 35.1 Å². The van der Waals surface area contributed by atoms with Crippen molar-refractivity contribution in [1.29, 1.82) is 0 Å². The first-order valence-electron chi connectivity index (χ1n) is 6.02. The zero-order chi connectivity index (χ0) is 14.7. The third-order valence-electron chi connectivity index (χ3n) is 2.69.